The minimum Gasteiger partial charge on any atom is -0.439 e. The molecule has 1 N–H and O–H groups in total. The molecule has 0 fully saturated rings. The molecule has 0 bridgehead atoms. The Labute approximate surface area is 196 Å². The van der Waals surface area contributed by atoms with E-state index in [1.807, 2.05) is 18.4 Å². The van der Waals surface area contributed by atoms with Gasteiger partial charge < -0.3 is 14.6 Å². The van der Waals surface area contributed by atoms with Crippen molar-refractivity contribution in [3.8, 4) is 23.1 Å². The van der Waals surface area contributed by atoms with Gasteiger partial charge in [-0.25, -0.2) is 14.4 Å². The van der Waals surface area contributed by atoms with Gasteiger partial charge in [0.05, 0.1) is 11.1 Å². The second-order valence-corrected chi connectivity index (χ2v) is 7.64. The molecule has 12 heteroatoms. The largest absolute Gasteiger partial charge is 0.439 e. The van der Waals surface area contributed by atoms with Crippen molar-refractivity contribution in [3.63, 3.8) is 0 Å². The number of alkyl halides is 3. The average Bonchev–Trinajstić information content (AvgIpc) is 3.31. The maximum Gasteiger partial charge on any atom is 0.417 e. The number of nitrogens with one attached hydrogen (secondary N) is 1. The lowest BCUT2D eigenvalue weighted by Crippen LogP contribution is -2.15. The summed E-state index contributed by atoms with van der Waals surface area (Å²) in [6.07, 6.45) is -2.35. The molecule has 4 aromatic rings. The molecule has 0 saturated carbocycles. The van der Waals surface area contributed by atoms with Gasteiger partial charge in [0, 0.05) is 18.3 Å². The van der Waals surface area contributed by atoms with Crippen LogP contribution in [0.3, 0.4) is 0 Å². The van der Waals surface area contributed by atoms with Crippen LogP contribution >= 0.6 is 0 Å². The Hall–Kier alpha value is -4.35. The van der Waals surface area contributed by atoms with Gasteiger partial charge in [0.15, 0.2) is 5.82 Å². The summed E-state index contributed by atoms with van der Waals surface area (Å²) < 4.78 is 59.7. The fraction of sp³-hybridized carbons (Fsp3) is 0.174. The van der Waals surface area contributed by atoms with Crippen molar-refractivity contribution in [2.75, 3.05) is 5.32 Å². The SMILES string of the molecule is CC(C)n1cnnc1-c1cccc(NC(=O)c2cc(Oc3ccc(C(F)(F)F)cn3)ccc2F)n1. The van der Waals surface area contributed by atoms with Gasteiger partial charge in [0.1, 0.15) is 29.4 Å². The number of hydrogen-bond acceptors (Lipinski definition) is 6. The smallest absolute Gasteiger partial charge is 0.417 e. The summed E-state index contributed by atoms with van der Waals surface area (Å²) in [5.74, 6) is -1.12. The van der Waals surface area contributed by atoms with Crippen molar-refractivity contribution < 1.29 is 27.1 Å². The van der Waals surface area contributed by atoms with E-state index in [1.165, 1.54) is 12.1 Å². The monoisotopic (exact) mass is 486 g/mol. The van der Waals surface area contributed by atoms with E-state index in [-0.39, 0.29) is 29.1 Å². The minimum absolute atomic E-state index is 0.00977. The molecule has 0 saturated heterocycles. The summed E-state index contributed by atoms with van der Waals surface area (Å²) in [6.45, 7) is 3.91. The van der Waals surface area contributed by atoms with Crippen molar-refractivity contribution in [1.29, 1.82) is 0 Å². The maximum absolute atomic E-state index is 14.4. The van der Waals surface area contributed by atoms with E-state index < -0.39 is 23.5 Å². The molecule has 1 amide bonds. The topological polar surface area (TPSA) is 94.8 Å². The van der Waals surface area contributed by atoms with Crippen LogP contribution in [0.4, 0.5) is 23.4 Å². The number of anilines is 1. The van der Waals surface area contributed by atoms with Crippen LogP contribution in [0.1, 0.15) is 35.8 Å². The van der Waals surface area contributed by atoms with Crippen LogP contribution in [0.5, 0.6) is 11.6 Å². The number of amides is 1. The highest BCUT2D eigenvalue weighted by atomic mass is 19.4. The van der Waals surface area contributed by atoms with Crippen LogP contribution in [-0.2, 0) is 6.18 Å². The third-order valence-corrected chi connectivity index (χ3v) is 4.82. The van der Waals surface area contributed by atoms with Crippen LogP contribution in [0, 0.1) is 5.82 Å². The Bertz CT molecular complexity index is 1350. The molecule has 0 aliphatic carbocycles. The molecule has 1 aromatic carbocycles. The van der Waals surface area contributed by atoms with Crippen LogP contribution < -0.4 is 10.1 Å². The first kappa shape index (κ1) is 23.8. The Morgan fingerprint density at radius 2 is 1.91 bits per heavy atom. The van der Waals surface area contributed by atoms with Crippen LogP contribution in [0.2, 0.25) is 0 Å². The van der Waals surface area contributed by atoms with Crippen molar-refractivity contribution in [2.24, 2.45) is 0 Å². The van der Waals surface area contributed by atoms with Crippen LogP contribution in [0.25, 0.3) is 11.5 Å². The molecule has 0 spiro atoms. The number of hydrogen-bond donors (Lipinski definition) is 1. The van der Waals surface area contributed by atoms with Crippen molar-refractivity contribution in [2.45, 2.75) is 26.1 Å². The van der Waals surface area contributed by atoms with Crippen LogP contribution in [-0.4, -0.2) is 30.6 Å². The molecule has 4 rings (SSSR count). The van der Waals surface area contributed by atoms with Gasteiger partial charge in [-0.3, -0.25) is 4.79 Å². The first-order valence-corrected chi connectivity index (χ1v) is 10.3. The number of ether oxygens (including phenoxy) is 1. The van der Waals surface area contributed by atoms with Gasteiger partial charge in [-0.2, -0.15) is 13.2 Å². The molecular weight excluding hydrogens is 468 g/mol. The average molecular weight is 486 g/mol. The molecule has 180 valence electrons. The lowest BCUT2D eigenvalue weighted by molar-refractivity contribution is -0.137. The Morgan fingerprint density at radius 3 is 2.60 bits per heavy atom. The number of aromatic nitrogens is 5. The summed E-state index contributed by atoms with van der Waals surface area (Å²) in [5.41, 5.74) is -0.836. The van der Waals surface area contributed by atoms with Gasteiger partial charge in [0.25, 0.3) is 5.91 Å². The summed E-state index contributed by atoms with van der Waals surface area (Å²) in [5, 5.41) is 10.5. The molecule has 0 atom stereocenters. The third kappa shape index (κ3) is 5.42. The number of benzene rings is 1. The van der Waals surface area contributed by atoms with Crippen molar-refractivity contribution >= 4 is 11.7 Å². The number of carbonyl (C=O) groups is 1. The first-order valence-electron chi connectivity index (χ1n) is 10.3. The maximum atomic E-state index is 14.4. The lowest BCUT2D eigenvalue weighted by atomic mass is 10.2. The molecule has 0 radical (unpaired) electrons. The van der Waals surface area contributed by atoms with Crippen LogP contribution in [0.15, 0.2) is 61.1 Å². The van der Waals surface area contributed by atoms with E-state index in [0.717, 1.165) is 24.3 Å². The second kappa shape index (κ2) is 9.49. The summed E-state index contributed by atoms with van der Waals surface area (Å²) in [6, 6.07) is 10.1. The van der Waals surface area contributed by atoms with E-state index in [2.05, 4.69) is 25.5 Å². The number of carbonyl (C=O) groups excluding carboxylic acids is 1. The predicted octanol–water partition coefficient (Wildman–Crippen LogP) is 5.52. The Kier molecular flexibility index (Phi) is 6.45. The van der Waals surface area contributed by atoms with E-state index in [1.54, 1.807) is 18.5 Å². The lowest BCUT2D eigenvalue weighted by Gasteiger charge is -2.11. The minimum atomic E-state index is -4.54. The van der Waals surface area contributed by atoms with Crippen molar-refractivity contribution in [3.05, 3.63) is 78.0 Å². The normalized spacial score (nSPS) is 11.5. The van der Waals surface area contributed by atoms with Gasteiger partial charge in [-0.05, 0) is 50.2 Å². The molecular formula is C23H18F4N6O2. The summed E-state index contributed by atoms with van der Waals surface area (Å²) >= 11 is 0. The Morgan fingerprint density at radius 1 is 1.11 bits per heavy atom. The molecule has 0 aliphatic rings. The van der Waals surface area contributed by atoms with E-state index >= 15 is 0 Å². The zero-order valence-corrected chi connectivity index (χ0v) is 18.4. The number of rotatable bonds is 6. The molecule has 8 nitrogen and oxygen atoms in total. The highest BCUT2D eigenvalue weighted by Crippen LogP contribution is 2.30. The molecule has 3 aromatic heterocycles. The van der Waals surface area contributed by atoms with E-state index in [4.69, 9.17) is 4.74 Å². The Balaban J connectivity index is 1.52. The fourth-order valence-electron chi connectivity index (χ4n) is 3.09. The highest BCUT2D eigenvalue weighted by Gasteiger charge is 2.30. The highest BCUT2D eigenvalue weighted by molar-refractivity contribution is 6.04. The summed E-state index contributed by atoms with van der Waals surface area (Å²) in [4.78, 5) is 20.7. The fourth-order valence-corrected chi connectivity index (χ4v) is 3.09. The molecule has 0 aliphatic heterocycles. The third-order valence-electron chi connectivity index (χ3n) is 4.82. The van der Waals surface area contributed by atoms with E-state index in [0.29, 0.717) is 17.7 Å². The van der Waals surface area contributed by atoms with Gasteiger partial charge in [-0.15, -0.1) is 10.2 Å². The van der Waals surface area contributed by atoms with Crippen molar-refractivity contribution in [1.82, 2.24) is 24.7 Å². The zero-order valence-electron chi connectivity index (χ0n) is 18.4. The standard InChI is InChI=1S/C23H18F4N6O2/c1-13(2)33-12-29-32-21(33)18-4-3-5-19(30-18)31-22(34)16-10-15(7-8-17(16)24)35-20-9-6-14(11-28-20)23(25,26)27/h3-13H,1-2H3,(H,30,31,34). The predicted molar refractivity (Wildman–Crippen MR) is 117 cm³/mol. The van der Waals surface area contributed by atoms with Gasteiger partial charge >= 0.3 is 6.18 Å². The molecule has 3 heterocycles. The van der Waals surface area contributed by atoms with Gasteiger partial charge in [-0.1, -0.05) is 6.07 Å². The number of pyridine rings is 2. The second-order valence-electron chi connectivity index (χ2n) is 7.64. The number of nitrogens with zero attached hydrogens (tertiary/aromatic N) is 5. The quantitative estimate of drug-likeness (QED) is 0.361. The van der Waals surface area contributed by atoms with E-state index in [9.17, 15) is 22.4 Å². The number of halogens is 4. The molecule has 35 heavy (non-hydrogen) atoms. The molecule has 0 unspecified atom stereocenters. The first-order chi connectivity index (χ1) is 16.6. The zero-order chi connectivity index (χ0) is 25.2. The summed E-state index contributed by atoms with van der Waals surface area (Å²) in [7, 11) is 0. The van der Waals surface area contributed by atoms with Gasteiger partial charge in [0.2, 0.25) is 5.88 Å².